The van der Waals surface area contributed by atoms with E-state index in [0.29, 0.717) is 0 Å². The number of likely N-dealkylation sites (N-methyl/N-ethyl adjacent to an activating group) is 1. The van der Waals surface area contributed by atoms with E-state index in [1.54, 1.807) is 0 Å². The molecule has 1 amide bonds. The molecule has 2 aromatic carbocycles. The fourth-order valence-electron chi connectivity index (χ4n) is 3.98. The molecule has 0 bridgehead atoms. The normalized spacial score (nSPS) is 30.7. The van der Waals surface area contributed by atoms with Crippen molar-refractivity contribution in [2.24, 2.45) is 0 Å². The number of hydrogen-bond donors (Lipinski definition) is 0. The van der Waals surface area contributed by atoms with Gasteiger partial charge in [0.05, 0.1) is 5.41 Å². The SMILES string of the molecule is CN1C(=O)[C@]2(CC2(C)c2ccccc2)c2ccccc21. The van der Waals surface area contributed by atoms with Crippen LogP contribution in [0.5, 0.6) is 0 Å². The molecular weight excluding hydrogens is 246 g/mol. The average molecular weight is 263 g/mol. The maximum absolute atomic E-state index is 12.9. The van der Waals surface area contributed by atoms with Gasteiger partial charge in [-0.25, -0.2) is 0 Å². The predicted octanol–water partition coefficient (Wildman–Crippen LogP) is 3.26. The Labute approximate surface area is 119 Å². The highest BCUT2D eigenvalue weighted by molar-refractivity contribution is 6.12. The number of carbonyl (C=O) groups is 1. The standard InChI is InChI=1S/C18H17NO/c1-17(13-8-4-3-5-9-13)12-18(17)14-10-6-7-11-15(14)19(2)16(18)20/h3-11H,12H2,1-2H3/t17?,18-/m0/s1. The molecule has 2 aliphatic rings. The van der Waals surface area contributed by atoms with Crippen molar-refractivity contribution < 1.29 is 4.79 Å². The lowest BCUT2D eigenvalue weighted by Crippen LogP contribution is -2.33. The maximum Gasteiger partial charge on any atom is 0.238 e. The molecule has 1 aliphatic heterocycles. The monoisotopic (exact) mass is 263 g/mol. The van der Waals surface area contributed by atoms with E-state index in [-0.39, 0.29) is 16.7 Å². The summed E-state index contributed by atoms with van der Waals surface area (Å²) < 4.78 is 0. The third-order valence-corrected chi connectivity index (χ3v) is 5.24. The fourth-order valence-corrected chi connectivity index (χ4v) is 3.98. The first-order chi connectivity index (χ1) is 9.61. The summed E-state index contributed by atoms with van der Waals surface area (Å²) in [5.74, 6) is 0.241. The summed E-state index contributed by atoms with van der Waals surface area (Å²) in [5, 5.41) is 0. The number of hydrogen-bond acceptors (Lipinski definition) is 1. The second-order valence-corrected chi connectivity index (χ2v) is 6.16. The van der Waals surface area contributed by atoms with Crippen molar-refractivity contribution in [3.63, 3.8) is 0 Å². The van der Waals surface area contributed by atoms with Gasteiger partial charge in [-0.1, -0.05) is 55.5 Å². The molecule has 1 saturated carbocycles. The van der Waals surface area contributed by atoms with Gasteiger partial charge in [0.2, 0.25) is 5.91 Å². The van der Waals surface area contributed by atoms with Gasteiger partial charge < -0.3 is 4.90 Å². The number of benzene rings is 2. The molecule has 1 unspecified atom stereocenters. The molecule has 20 heavy (non-hydrogen) atoms. The van der Waals surface area contributed by atoms with Crippen LogP contribution >= 0.6 is 0 Å². The Morgan fingerprint density at radius 1 is 1.00 bits per heavy atom. The summed E-state index contributed by atoms with van der Waals surface area (Å²) in [6.45, 7) is 2.22. The topological polar surface area (TPSA) is 20.3 Å². The molecule has 100 valence electrons. The van der Waals surface area contributed by atoms with Gasteiger partial charge in [0, 0.05) is 18.2 Å². The van der Waals surface area contributed by atoms with Gasteiger partial charge in [-0.2, -0.15) is 0 Å². The van der Waals surface area contributed by atoms with E-state index in [2.05, 4.69) is 37.3 Å². The van der Waals surface area contributed by atoms with E-state index in [4.69, 9.17) is 0 Å². The minimum Gasteiger partial charge on any atom is -0.314 e. The van der Waals surface area contributed by atoms with Crippen LogP contribution < -0.4 is 4.90 Å². The third-order valence-electron chi connectivity index (χ3n) is 5.24. The van der Waals surface area contributed by atoms with Crippen molar-refractivity contribution in [2.45, 2.75) is 24.2 Å². The molecule has 1 heterocycles. The summed E-state index contributed by atoms with van der Waals surface area (Å²) >= 11 is 0. The number of rotatable bonds is 1. The van der Waals surface area contributed by atoms with Gasteiger partial charge >= 0.3 is 0 Å². The Morgan fingerprint density at radius 3 is 2.40 bits per heavy atom. The van der Waals surface area contributed by atoms with Gasteiger partial charge in [-0.15, -0.1) is 0 Å². The molecule has 2 aromatic rings. The van der Waals surface area contributed by atoms with E-state index in [0.717, 1.165) is 12.1 Å². The van der Waals surface area contributed by atoms with Crippen LogP contribution in [-0.4, -0.2) is 13.0 Å². The van der Waals surface area contributed by atoms with E-state index < -0.39 is 0 Å². The zero-order valence-electron chi connectivity index (χ0n) is 11.8. The van der Waals surface area contributed by atoms with Crippen LogP contribution in [0.3, 0.4) is 0 Å². The minimum atomic E-state index is -0.348. The number of nitrogens with zero attached hydrogens (tertiary/aromatic N) is 1. The van der Waals surface area contributed by atoms with Crippen LogP contribution in [0.25, 0.3) is 0 Å². The first-order valence-corrected chi connectivity index (χ1v) is 7.04. The highest BCUT2D eigenvalue weighted by Crippen LogP contribution is 2.69. The molecule has 0 radical (unpaired) electrons. The summed E-state index contributed by atoms with van der Waals surface area (Å²) in [4.78, 5) is 14.7. The molecule has 0 aromatic heterocycles. The molecule has 0 N–H and O–H groups in total. The molecule has 1 spiro atoms. The zero-order valence-corrected chi connectivity index (χ0v) is 11.8. The summed E-state index contributed by atoms with van der Waals surface area (Å²) in [7, 11) is 1.89. The van der Waals surface area contributed by atoms with Crippen LogP contribution in [0, 0.1) is 0 Å². The Morgan fingerprint density at radius 2 is 1.65 bits per heavy atom. The Bertz CT molecular complexity index is 708. The smallest absolute Gasteiger partial charge is 0.238 e. The highest BCUT2D eigenvalue weighted by atomic mass is 16.2. The zero-order chi connectivity index (χ0) is 14.0. The van der Waals surface area contributed by atoms with Crippen LogP contribution in [0.1, 0.15) is 24.5 Å². The Hall–Kier alpha value is -2.09. The molecule has 1 aliphatic carbocycles. The second-order valence-electron chi connectivity index (χ2n) is 6.16. The summed E-state index contributed by atoms with van der Waals surface area (Å²) in [6.07, 6.45) is 0.907. The lowest BCUT2D eigenvalue weighted by molar-refractivity contribution is -0.120. The fraction of sp³-hybridized carbons (Fsp3) is 0.278. The lowest BCUT2D eigenvalue weighted by atomic mass is 9.83. The van der Waals surface area contributed by atoms with Crippen molar-refractivity contribution in [2.75, 3.05) is 11.9 Å². The van der Waals surface area contributed by atoms with Crippen LogP contribution in [0.2, 0.25) is 0 Å². The number of para-hydroxylation sites is 1. The molecule has 2 heteroatoms. The Kier molecular flexibility index (Phi) is 2.06. The number of fused-ring (bicyclic) bond motifs is 2. The molecule has 1 fully saturated rings. The van der Waals surface area contributed by atoms with Gasteiger partial charge in [-0.05, 0) is 23.6 Å². The number of amides is 1. The largest absolute Gasteiger partial charge is 0.314 e. The average Bonchev–Trinajstić information content (AvgIpc) is 3.09. The molecular formula is C18H17NO. The first-order valence-electron chi connectivity index (χ1n) is 7.04. The first kappa shape index (κ1) is 11.7. The van der Waals surface area contributed by atoms with Gasteiger partial charge in [0.15, 0.2) is 0 Å². The third kappa shape index (κ3) is 1.13. The van der Waals surface area contributed by atoms with Crippen molar-refractivity contribution in [3.05, 3.63) is 65.7 Å². The molecule has 2 nitrogen and oxygen atoms in total. The quantitative estimate of drug-likeness (QED) is 0.773. The molecule has 4 rings (SSSR count). The van der Waals surface area contributed by atoms with E-state index in [1.807, 2.05) is 36.2 Å². The van der Waals surface area contributed by atoms with Crippen molar-refractivity contribution in [3.8, 4) is 0 Å². The lowest BCUT2D eigenvalue weighted by Gasteiger charge is -2.18. The highest BCUT2D eigenvalue weighted by Gasteiger charge is 2.74. The van der Waals surface area contributed by atoms with Gasteiger partial charge in [0.1, 0.15) is 0 Å². The van der Waals surface area contributed by atoms with Crippen molar-refractivity contribution in [1.82, 2.24) is 0 Å². The van der Waals surface area contributed by atoms with Crippen LogP contribution in [0.15, 0.2) is 54.6 Å². The Balaban J connectivity index is 1.91. The number of anilines is 1. The van der Waals surface area contributed by atoms with E-state index >= 15 is 0 Å². The second kappa shape index (κ2) is 3.51. The van der Waals surface area contributed by atoms with Crippen LogP contribution in [-0.2, 0) is 15.6 Å². The maximum atomic E-state index is 12.9. The number of carbonyl (C=O) groups excluding carboxylic acids is 1. The van der Waals surface area contributed by atoms with Gasteiger partial charge in [0.25, 0.3) is 0 Å². The minimum absolute atomic E-state index is 0.0772. The molecule has 0 saturated heterocycles. The van der Waals surface area contributed by atoms with Crippen molar-refractivity contribution in [1.29, 1.82) is 0 Å². The summed E-state index contributed by atoms with van der Waals surface area (Å²) in [5.41, 5.74) is 3.10. The van der Waals surface area contributed by atoms with Crippen molar-refractivity contribution >= 4 is 11.6 Å². The summed E-state index contributed by atoms with van der Waals surface area (Å²) in [6, 6.07) is 18.6. The van der Waals surface area contributed by atoms with Crippen LogP contribution in [0.4, 0.5) is 5.69 Å². The molecule has 2 atom stereocenters. The van der Waals surface area contributed by atoms with E-state index in [1.165, 1.54) is 11.1 Å². The van der Waals surface area contributed by atoms with E-state index in [9.17, 15) is 4.79 Å². The predicted molar refractivity (Wildman–Crippen MR) is 79.9 cm³/mol. The van der Waals surface area contributed by atoms with Gasteiger partial charge in [-0.3, -0.25) is 4.79 Å².